The van der Waals surface area contributed by atoms with Crippen LogP contribution >= 0.6 is 11.6 Å². The molecule has 106 valence electrons. The van der Waals surface area contributed by atoms with E-state index in [1.165, 1.54) is 6.92 Å². The molecular weight excluding hydrogens is 280 g/mol. The quantitative estimate of drug-likeness (QED) is 0.788. The molecule has 2 rings (SSSR count). The first-order valence-electron chi connectivity index (χ1n) is 6.20. The van der Waals surface area contributed by atoms with E-state index in [1.807, 2.05) is 13.8 Å². The molecule has 0 radical (unpaired) electrons. The first kappa shape index (κ1) is 14.5. The lowest BCUT2D eigenvalue weighted by Gasteiger charge is -2.13. The topological polar surface area (TPSA) is 48.7 Å². The highest BCUT2D eigenvalue weighted by Gasteiger charge is 2.14. The van der Waals surface area contributed by atoms with Crippen molar-refractivity contribution in [1.82, 2.24) is 0 Å². The zero-order chi connectivity index (χ0) is 14.7. The number of hydrogen-bond donors (Lipinski definition) is 0. The molecule has 0 aliphatic carbocycles. The highest BCUT2D eigenvalue weighted by atomic mass is 35.5. The van der Waals surface area contributed by atoms with Crippen LogP contribution in [0.3, 0.4) is 0 Å². The minimum atomic E-state index is -0.435. The lowest BCUT2D eigenvalue weighted by molar-refractivity contribution is -0.133. The van der Waals surface area contributed by atoms with Crippen LogP contribution in [-0.4, -0.2) is 12.1 Å². The van der Waals surface area contributed by atoms with Crippen molar-refractivity contribution in [1.29, 1.82) is 0 Å². The third kappa shape index (κ3) is 3.54. The van der Waals surface area contributed by atoms with Crippen LogP contribution in [0.5, 0.6) is 11.7 Å². The van der Waals surface area contributed by atoms with Crippen LogP contribution in [0.4, 0.5) is 0 Å². The van der Waals surface area contributed by atoms with E-state index in [9.17, 15) is 4.79 Å². The maximum absolute atomic E-state index is 10.9. The van der Waals surface area contributed by atoms with Gasteiger partial charge in [-0.15, -0.1) is 0 Å². The highest BCUT2D eigenvalue weighted by Crippen LogP contribution is 2.35. The molecule has 1 aromatic heterocycles. The van der Waals surface area contributed by atoms with Gasteiger partial charge >= 0.3 is 5.97 Å². The Hall–Kier alpha value is -1.94. The zero-order valence-electron chi connectivity index (χ0n) is 11.5. The first-order chi connectivity index (χ1) is 9.45. The average Bonchev–Trinajstić information content (AvgIpc) is 2.78. The molecule has 0 amide bonds. The fourth-order valence-corrected chi connectivity index (χ4v) is 1.88. The molecule has 5 heteroatoms. The number of carbonyl (C=O) groups is 1. The normalized spacial score (nSPS) is 10.7. The van der Waals surface area contributed by atoms with E-state index in [1.54, 1.807) is 30.3 Å². The number of carbonyl (C=O) groups excluding carboxylic acids is 1. The van der Waals surface area contributed by atoms with Crippen LogP contribution in [0.1, 0.15) is 20.8 Å². The molecule has 0 unspecified atom stereocenters. The second-order valence-corrected chi connectivity index (χ2v) is 4.96. The van der Waals surface area contributed by atoms with Crippen molar-refractivity contribution in [3.63, 3.8) is 0 Å². The van der Waals surface area contributed by atoms with Gasteiger partial charge in [-0.05, 0) is 38.1 Å². The van der Waals surface area contributed by atoms with Gasteiger partial charge in [-0.1, -0.05) is 11.6 Å². The molecule has 2 aromatic rings. The van der Waals surface area contributed by atoms with Gasteiger partial charge in [-0.25, -0.2) is 0 Å². The van der Waals surface area contributed by atoms with Gasteiger partial charge in [-0.3, -0.25) is 4.79 Å². The number of hydrogen-bond acceptors (Lipinski definition) is 4. The summed E-state index contributed by atoms with van der Waals surface area (Å²) in [5.41, 5.74) is 0.713. The number of esters is 1. The Morgan fingerprint density at radius 2 is 2.00 bits per heavy atom. The molecule has 4 nitrogen and oxygen atoms in total. The van der Waals surface area contributed by atoms with E-state index in [4.69, 9.17) is 25.5 Å². The van der Waals surface area contributed by atoms with Gasteiger partial charge in [-0.2, -0.15) is 0 Å². The van der Waals surface area contributed by atoms with Gasteiger partial charge in [0.15, 0.2) is 0 Å². The first-order valence-corrected chi connectivity index (χ1v) is 6.58. The Morgan fingerprint density at radius 1 is 1.25 bits per heavy atom. The van der Waals surface area contributed by atoms with Crippen LogP contribution in [0.15, 0.2) is 34.7 Å². The zero-order valence-corrected chi connectivity index (χ0v) is 12.2. The van der Waals surface area contributed by atoms with E-state index in [0.29, 0.717) is 22.1 Å². The maximum Gasteiger partial charge on any atom is 0.310 e. The van der Waals surface area contributed by atoms with Crippen LogP contribution in [0.25, 0.3) is 11.3 Å². The molecule has 0 aliphatic rings. The predicted molar refractivity (Wildman–Crippen MR) is 76.2 cm³/mol. The summed E-state index contributed by atoms with van der Waals surface area (Å²) in [5.74, 6) is 0.895. The summed E-state index contributed by atoms with van der Waals surface area (Å²) >= 11 is 6.01. The Bertz CT molecular complexity index is 616. The lowest BCUT2D eigenvalue weighted by Crippen LogP contribution is -2.06. The molecule has 0 spiro atoms. The van der Waals surface area contributed by atoms with Gasteiger partial charge in [0.25, 0.3) is 5.95 Å². The van der Waals surface area contributed by atoms with Gasteiger partial charge in [0.05, 0.1) is 11.7 Å². The number of ether oxygens (including phenoxy) is 2. The van der Waals surface area contributed by atoms with E-state index in [2.05, 4.69) is 0 Å². The third-order valence-corrected chi connectivity index (χ3v) is 2.63. The number of benzene rings is 1. The molecule has 0 aliphatic heterocycles. The van der Waals surface area contributed by atoms with Gasteiger partial charge < -0.3 is 13.9 Å². The fraction of sp³-hybridized carbons (Fsp3) is 0.267. The second kappa shape index (κ2) is 6.01. The standard InChI is InChI=1S/C15H15ClO4/c1-9(2)18-13-5-4-11(16)8-12(13)14-6-7-15(20-14)19-10(3)17/h4-9H,1-3H3. The minimum absolute atomic E-state index is 0.0258. The van der Waals surface area contributed by atoms with Gasteiger partial charge in [0.1, 0.15) is 11.5 Å². The molecule has 20 heavy (non-hydrogen) atoms. The van der Waals surface area contributed by atoms with Crippen molar-refractivity contribution in [2.75, 3.05) is 0 Å². The molecule has 0 N–H and O–H groups in total. The molecule has 0 atom stereocenters. The summed E-state index contributed by atoms with van der Waals surface area (Å²) in [6.45, 7) is 5.19. The average molecular weight is 295 g/mol. The SMILES string of the molecule is CC(=O)Oc1ccc(-c2cc(Cl)ccc2OC(C)C)o1. The molecular formula is C15H15ClO4. The Balaban J connectivity index is 2.37. The third-order valence-electron chi connectivity index (χ3n) is 2.40. The summed E-state index contributed by atoms with van der Waals surface area (Å²) in [6.07, 6.45) is 0.0258. The molecule has 0 fully saturated rings. The lowest BCUT2D eigenvalue weighted by atomic mass is 10.1. The molecule has 0 saturated heterocycles. The van der Waals surface area contributed by atoms with Crippen molar-refractivity contribution in [2.24, 2.45) is 0 Å². The van der Waals surface area contributed by atoms with Crippen LogP contribution in [0, 0.1) is 0 Å². The van der Waals surface area contributed by atoms with Crippen molar-refractivity contribution >= 4 is 17.6 Å². The summed E-state index contributed by atoms with van der Waals surface area (Å²) in [4.78, 5) is 10.9. The van der Waals surface area contributed by atoms with E-state index in [0.717, 1.165) is 0 Å². The van der Waals surface area contributed by atoms with E-state index in [-0.39, 0.29) is 12.1 Å². The Kier molecular flexibility index (Phi) is 4.35. The van der Waals surface area contributed by atoms with E-state index >= 15 is 0 Å². The minimum Gasteiger partial charge on any atom is -0.490 e. The van der Waals surface area contributed by atoms with Crippen LogP contribution in [-0.2, 0) is 4.79 Å². The number of halogens is 1. The van der Waals surface area contributed by atoms with Crippen LogP contribution in [0.2, 0.25) is 5.02 Å². The number of rotatable bonds is 4. The molecule has 1 aromatic carbocycles. The molecule has 0 saturated carbocycles. The van der Waals surface area contributed by atoms with Crippen molar-refractivity contribution in [2.45, 2.75) is 26.9 Å². The summed E-state index contributed by atoms with van der Waals surface area (Å²) in [7, 11) is 0. The van der Waals surface area contributed by atoms with E-state index < -0.39 is 5.97 Å². The smallest absolute Gasteiger partial charge is 0.310 e. The largest absolute Gasteiger partial charge is 0.490 e. The Morgan fingerprint density at radius 3 is 2.65 bits per heavy atom. The maximum atomic E-state index is 10.9. The van der Waals surface area contributed by atoms with Gasteiger partial charge in [0.2, 0.25) is 0 Å². The van der Waals surface area contributed by atoms with Crippen molar-refractivity contribution < 1.29 is 18.7 Å². The summed E-state index contributed by atoms with van der Waals surface area (Å²) in [6, 6.07) is 8.56. The van der Waals surface area contributed by atoms with Crippen molar-refractivity contribution in [3.05, 3.63) is 35.4 Å². The van der Waals surface area contributed by atoms with Crippen LogP contribution < -0.4 is 9.47 Å². The molecule has 0 bridgehead atoms. The van der Waals surface area contributed by atoms with Crippen molar-refractivity contribution in [3.8, 4) is 23.0 Å². The summed E-state index contributed by atoms with van der Waals surface area (Å²) in [5, 5.41) is 0.571. The highest BCUT2D eigenvalue weighted by molar-refractivity contribution is 6.30. The monoisotopic (exact) mass is 294 g/mol. The molecule has 1 heterocycles. The van der Waals surface area contributed by atoms with Gasteiger partial charge in [0, 0.05) is 18.0 Å². The fourth-order valence-electron chi connectivity index (χ4n) is 1.71. The summed E-state index contributed by atoms with van der Waals surface area (Å²) < 4.78 is 16.1. The predicted octanol–water partition coefficient (Wildman–Crippen LogP) is 4.31. The second-order valence-electron chi connectivity index (χ2n) is 4.52. The number of furan rings is 1. The Labute approximate surface area is 122 Å².